The van der Waals surface area contributed by atoms with Crippen LogP contribution in [-0.2, 0) is 16.0 Å². The molecule has 3 aromatic rings. The van der Waals surface area contributed by atoms with E-state index in [0.717, 1.165) is 22.6 Å². The van der Waals surface area contributed by atoms with Gasteiger partial charge in [0.15, 0.2) is 0 Å². The summed E-state index contributed by atoms with van der Waals surface area (Å²) in [4.78, 5) is 29.4. The summed E-state index contributed by atoms with van der Waals surface area (Å²) in [6.07, 6.45) is 3.70. The monoisotopic (exact) mass is 489 g/mol. The van der Waals surface area contributed by atoms with Gasteiger partial charge in [0.2, 0.25) is 11.8 Å². The molecule has 1 N–H and O–H groups in total. The molecule has 0 aliphatic carbocycles. The molecule has 1 heterocycles. The largest absolute Gasteiger partial charge is 0.497 e. The molecule has 1 aliphatic rings. The number of benzene rings is 3. The number of rotatable bonds is 7. The first-order valence-electron chi connectivity index (χ1n) is 11.5. The quantitative estimate of drug-likeness (QED) is 0.480. The lowest BCUT2D eigenvalue weighted by Gasteiger charge is -2.36. The molecular weight excluding hydrogens is 462 g/mol. The maximum atomic E-state index is 12.7. The highest BCUT2D eigenvalue weighted by Crippen LogP contribution is 2.30. The summed E-state index contributed by atoms with van der Waals surface area (Å²) in [5.74, 6) is 0.621. The Labute approximate surface area is 210 Å². The van der Waals surface area contributed by atoms with Crippen LogP contribution in [0.4, 0.5) is 11.4 Å². The number of anilines is 2. The minimum atomic E-state index is -0.126. The van der Waals surface area contributed by atoms with Crippen molar-refractivity contribution in [3.05, 3.63) is 95.0 Å². The van der Waals surface area contributed by atoms with Crippen LogP contribution in [0.5, 0.6) is 5.75 Å². The van der Waals surface area contributed by atoms with Crippen molar-refractivity contribution in [3.63, 3.8) is 0 Å². The summed E-state index contributed by atoms with van der Waals surface area (Å²) in [6.45, 7) is 2.52. The van der Waals surface area contributed by atoms with Crippen LogP contribution >= 0.6 is 11.6 Å². The third-order valence-electron chi connectivity index (χ3n) is 5.91. The minimum absolute atomic E-state index is 0.00220. The average molecular weight is 490 g/mol. The van der Waals surface area contributed by atoms with Crippen LogP contribution in [0.25, 0.3) is 6.08 Å². The first kappa shape index (κ1) is 24.4. The smallest absolute Gasteiger partial charge is 0.246 e. The van der Waals surface area contributed by atoms with E-state index in [-0.39, 0.29) is 18.2 Å². The van der Waals surface area contributed by atoms with E-state index in [2.05, 4.69) is 10.2 Å². The Morgan fingerprint density at radius 3 is 2.37 bits per heavy atom. The zero-order valence-electron chi connectivity index (χ0n) is 19.6. The number of carbonyl (C=O) groups excluding carboxylic acids is 2. The average Bonchev–Trinajstić information content (AvgIpc) is 2.88. The third kappa shape index (κ3) is 6.64. The van der Waals surface area contributed by atoms with E-state index in [1.54, 1.807) is 19.3 Å². The van der Waals surface area contributed by atoms with Gasteiger partial charge in [0.05, 0.1) is 24.9 Å². The standard InChI is InChI=1S/C28H28ClN3O3/c1-35-24-11-7-22(8-12-24)19-27(33)30-25-20-23(29)10-13-26(25)31-15-17-32(18-16-31)28(34)14-9-21-5-3-2-4-6-21/h2-14,20H,15-19H2,1H3,(H,30,33)/b14-9+. The number of hydrogen-bond donors (Lipinski definition) is 1. The van der Waals surface area contributed by atoms with Gasteiger partial charge in [-0.1, -0.05) is 54.1 Å². The molecular formula is C28H28ClN3O3. The first-order chi connectivity index (χ1) is 17.0. The van der Waals surface area contributed by atoms with Crippen molar-refractivity contribution in [2.75, 3.05) is 43.5 Å². The minimum Gasteiger partial charge on any atom is -0.497 e. The number of halogens is 1. The summed E-state index contributed by atoms with van der Waals surface area (Å²) in [5.41, 5.74) is 3.45. The van der Waals surface area contributed by atoms with Crippen molar-refractivity contribution in [1.29, 1.82) is 0 Å². The van der Waals surface area contributed by atoms with Crippen molar-refractivity contribution in [3.8, 4) is 5.75 Å². The number of hydrogen-bond acceptors (Lipinski definition) is 4. The van der Waals surface area contributed by atoms with Crippen LogP contribution in [0, 0.1) is 0 Å². The van der Waals surface area contributed by atoms with Crippen molar-refractivity contribution in [2.45, 2.75) is 6.42 Å². The second kappa shape index (κ2) is 11.6. The van der Waals surface area contributed by atoms with Crippen LogP contribution in [0.2, 0.25) is 5.02 Å². The highest BCUT2D eigenvalue weighted by Gasteiger charge is 2.22. The van der Waals surface area contributed by atoms with Gasteiger partial charge in [0.25, 0.3) is 0 Å². The van der Waals surface area contributed by atoms with Crippen molar-refractivity contribution in [1.82, 2.24) is 4.90 Å². The van der Waals surface area contributed by atoms with Gasteiger partial charge in [-0.3, -0.25) is 9.59 Å². The topological polar surface area (TPSA) is 61.9 Å². The van der Waals surface area contributed by atoms with E-state index in [4.69, 9.17) is 16.3 Å². The van der Waals surface area contributed by atoms with Crippen molar-refractivity contribution in [2.24, 2.45) is 0 Å². The Morgan fingerprint density at radius 1 is 0.971 bits per heavy atom. The molecule has 0 atom stereocenters. The van der Waals surface area contributed by atoms with E-state index >= 15 is 0 Å². The van der Waals surface area contributed by atoms with Gasteiger partial charge in [-0.15, -0.1) is 0 Å². The van der Waals surface area contributed by atoms with E-state index in [0.29, 0.717) is 36.9 Å². The molecule has 0 radical (unpaired) electrons. The van der Waals surface area contributed by atoms with E-state index in [1.807, 2.05) is 77.7 Å². The third-order valence-corrected chi connectivity index (χ3v) is 6.14. The second-order valence-corrected chi connectivity index (χ2v) is 8.73. The van der Waals surface area contributed by atoms with Crippen LogP contribution in [-0.4, -0.2) is 50.0 Å². The molecule has 6 nitrogen and oxygen atoms in total. The van der Waals surface area contributed by atoms with Gasteiger partial charge >= 0.3 is 0 Å². The molecule has 1 fully saturated rings. The number of nitrogens with zero attached hydrogens (tertiary/aromatic N) is 2. The van der Waals surface area contributed by atoms with Gasteiger partial charge in [-0.05, 0) is 47.5 Å². The molecule has 1 saturated heterocycles. The van der Waals surface area contributed by atoms with Gasteiger partial charge in [-0.2, -0.15) is 0 Å². The molecule has 1 aliphatic heterocycles. The maximum Gasteiger partial charge on any atom is 0.246 e. The molecule has 180 valence electrons. The molecule has 2 amide bonds. The Kier molecular flexibility index (Phi) is 8.06. The molecule has 0 unspecified atom stereocenters. The molecule has 0 aromatic heterocycles. The second-order valence-electron chi connectivity index (χ2n) is 8.29. The lowest BCUT2D eigenvalue weighted by molar-refractivity contribution is -0.126. The van der Waals surface area contributed by atoms with Crippen molar-refractivity contribution >= 4 is 40.9 Å². The van der Waals surface area contributed by atoms with E-state index in [9.17, 15) is 9.59 Å². The highest BCUT2D eigenvalue weighted by molar-refractivity contribution is 6.31. The maximum absolute atomic E-state index is 12.7. The summed E-state index contributed by atoms with van der Waals surface area (Å²) >= 11 is 6.24. The highest BCUT2D eigenvalue weighted by atomic mass is 35.5. The zero-order valence-corrected chi connectivity index (χ0v) is 20.4. The van der Waals surface area contributed by atoms with Crippen LogP contribution in [0.15, 0.2) is 78.9 Å². The van der Waals surface area contributed by atoms with Gasteiger partial charge in [-0.25, -0.2) is 0 Å². The molecule has 4 rings (SSSR count). The fourth-order valence-corrected chi connectivity index (χ4v) is 4.18. The SMILES string of the molecule is COc1ccc(CC(=O)Nc2cc(Cl)ccc2N2CCN(C(=O)/C=C/c3ccccc3)CC2)cc1. The van der Waals surface area contributed by atoms with Gasteiger partial charge in [0, 0.05) is 37.3 Å². The Bertz CT molecular complexity index is 1190. The Balaban J connectivity index is 1.37. The Morgan fingerprint density at radius 2 is 1.69 bits per heavy atom. The molecule has 35 heavy (non-hydrogen) atoms. The lowest BCUT2D eigenvalue weighted by atomic mass is 10.1. The van der Waals surface area contributed by atoms with Gasteiger partial charge < -0.3 is 19.9 Å². The summed E-state index contributed by atoms with van der Waals surface area (Å²) in [5, 5.41) is 3.56. The number of nitrogens with one attached hydrogen (secondary N) is 1. The molecule has 7 heteroatoms. The fraction of sp³-hybridized carbons (Fsp3) is 0.214. The number of amides is 2. The summed E-state index contributed by atoms with van der Waals surface area (Å²) < 4.78 is 5.17. The number of carbonyl (C=O) groups is 2. The first-order valence-corrected chi connectivity index (χ1v) is 11.9. The normalized spacial score (nSPS) is 13.7. The van der Waals surface area contributed by atoms with E-state index in [1.165, 1.54) is 0 Å². The number of methoxy groups -OCH3 is 1. The zero-order chi connectivity index (χ0) is 24.6. The van der Waals surface area contributed by atoms with Crippen molar-refractivity contribution < 1.29 is 14.3 Å². The van der Waals surface area contributed by atoms with Crippen LogP contribution < -0.4 is 15.0 Å². The van der Waals surface area contributed by atoms with Crippen LogP contribution in [0.3, 0.4) is 0 Å². The number of ether oxygens (including phenoxy) is 1. The summed E-state index contributed by atoms with van der Waals surface area (Å²) in [7, 11) is 1.61. The molecule has 0 spiro atoms. The lowest BCUT2D eigenvalue weighted by Crippen LogP contribution is -2.48. The van der Waals surface area contributed by atoms with E-state index < -0.39 is 0 Å². The molecule has 0 saturated carbocycles. The predicted octanol–water partition coefficient (Wildman–Crippen LogP) is 4.89. The molecule has 0 bridgehead atoms. The molecule has 3 aromatic carbocycles. The predicted molar refractivity (Wildman–Crippen MR) is 141 cm³/mol. The number of piperazine rings is 1. The van der Waals surface area contributed by atoms with Gasteiger partial charge in [0.1, 0.15) is 5.75 Å². The van der Waals surface area contributed by atoms with Crippen LogP contribution in [0.1, 0.15) is 11.1 Å². The summed E-state index contributed by atoms with van der Waals surface area (Å²) in [6, 6.07) is 22.7. The fourth-order valence-electron chi connectivity index (χ4n) is 4.01. The Hall–Kier alpha value is -3.77.